The second-order valence-corrected chi connectivity index (χ2v) is 5.19. The van der Waals surface area contributed by atoms with Gasteiger partial charge in [0.15, 0.2) is 0 Å². The van der Waals surface area contributed by atoms with Crippen LogP contribution >= 0.6 is 0 Å². The fraction of sp³-hybridized carbons (Fsp3) is 0.500. The van der Waals surface area contributed by atoms with E-state index in [4.69, 9.17) is 4.74 Å². The van der Waals surface area contributed by atoms with E-state index >= 15 is 0 Å². The highest BCUT2D eigenvalue weighted by Crippen LogP contribution is 2.34. The molecular formula is C14H17F3N2O3. The van der Waals surface area contributed by atoms with Crippen molar-refractivity contribution in [3.8, 4) is 0 Å². The molecule has 5 nitrogen and oxygen atoms in total. The van der Waals surface area contributed by atoms with Gasteiger partial charge in [-0.1, -0.05) is 12.1 Å². The van der Waals surface area contributed by atoms with Crippen LogP contribution in [0.2, 0.25) is 0 Å². The smallest absolute Gasteiger partial charge is 0.388 e. The molecular weight excluding hydrogens is 301 g/mol. The zero-order valence-electron chi connectivity index (χ0n) is 11.7. The number of ether oxygens (including phenoxy) is 1. The number of anilines is 1. The summed E-state index contributed by atoms with van der Waals surface area (Å²) in [7, 11) is 0. The number of rotatable bonds is 3. The molecule has 0 bridgehead atoms. The van der Waals surface area contributed by atoms with E-state index in [1.165, 1.54) is 18.2 Å². The van der Waals surface area contributed by atoms with Crippen molar-refractivity contribution in [2.24, 2.45) is 0 Å². The Kier molecular flexibility index (Phi) is 4.92. The van der Waals surface area contributed by atoms with Crippen LogP contribution in [0.4, 0.5) is 23.7 Å². The first-order valence-corrected chi connectivity index (χ1v) is 6.81. The molecule has 0 aromatic heterocycles. The number of alkyl halides is 3. The highest BCUT2D eigenvalue weighted by Gasteiger charge is 2.34. The number of benzene rings is 1. The van der Waals surface area contributed by atoms with Gasteiger partial charge in [0.25, 0.3) is 0 Å². The minimum absolute atomic E-state index is 0.0453. The molecule has 122 valence electrons. The fourth-order valence-corrected chi connectivity index (χ4v) is 2.18. The first-order chi connectivity index (χ1) is 10.3. The Bertz CT molecular complexity index is 528. The summed E-state index contributed by atoms with van der Waals surface area (Å²) in [6.07, 6.45) is -3.82. The van der Waals surface area contributed by atoms with Crippen LogP contribution in [0.15, 0.2) is 24.3 Å². The van der Waals surface area contributed by atoms with Crippen molar-refractivity contribution in [2.45, 2.75) is 24.6 Å². The molecule has 0 unspecified atom stereocenters. The van der Waals surface area contributed by atoms with Gasteiger partial charge in [0, 0.05) is 32.6 Å². The number of para-hydroxylation sites is 1. The van der Waals surface area contributed by atoms with Crippen LogP contribution in [0.1, 0.15) is 18.4 Å². The summed E-state index contributed by atoms with van der Waals surface area (Å²) in [5.74, 6) is 0. The summed E-state index contributed by atoms with van der Waals surface area (Å²) in [5, 5.41) is 14.7. The van der Waals surface area contributed by atoms with Crippen LogP contribution in [0.5, 0.6) is 0 Å². The van der Waals surface area contributed by atoms with Gasteiger partial charge < -0.3 is 20.5 Å². The first-order valence-electron chi connectivity index (χ1n) is 6.81. The second kappa shape index (κ2) is 6.53. The van der Waals surface area contributed by atoms with E-state index < -0.39 is 23.4 Å². The van der Waals surface area contributed by atoms with Crippen LogP contribution in [0.3, 0.4) is 0 Å². The third-order valence-electron chi connectivity index (χ3n) is 3.48. The van der Waals surface area contributed by atoms with E-state index in [0.29, 0.717) is 26.1 Å². The highest BCUT2D eigenvalue weighted by atomic mass is 19.4. The van der Waals surface area contributed by atoms with Crippen molar-refractivity contribution in [3.05, 3.63) is 29.8 Å². The maximum absolute atomic E-state index is 12.8. The number of hydrogen-bond donors (Lipinski definition) is 3. The molecule has 8 heteroatoms. The van der Waals surface area contributed by atoms with Gasteiger partial charge in [0.2, 0.25) is 0 Å². The predicted octanol–water partition coefficient (Wildman–Crippen LogP) is 2.37. The van der Waals surface area contributed by atoms with Gasteiger partial charge in [0.05, 0.1) is 16.9 Å². The van der Waals surface area contributed by atoms with E-state index in [1.807, 2.05) is 0 Å². The molecule has 0 spiro atoms. The van der Waals surface area contributed by atoms with Crippen molar-refractivity contribution >= 4 is 11.7 Å². The molecule has 1 saturated heterocycles. The molecule has 1 aliphatic rings. The zero-order chi connectivity index (χ0) is 16.2. The number of aliphatic hydroxyl groups is 1. The average Bonchev–Trinajstić information content (AvgIpc) is 2.46. The van der Waals surface area contributed by atoms with Crippen molar-refractivity contribution in [3.63, 3.8) is 0 Å². The van der Waals surface area contributed by atoms with Gasteiger partial charge in [-0.15, -0.1) is 0 Å². The maximum atomic E-state index is 12.8. The number of amides is 2. The second-order valence-electron chi connectivity index (χ2n) is 5.19. The SMILES string of the molecule is O=C(NCC1(O)CCOCC1)Nc1ccccc1C(F)(F)F. The number of hydrogen-bond acceptors (Lipinski definition) is 3. The maximum Gasteiger partial charge on any atom is 0.418 e. The molecule has 0 saturated carbocycles. The molecule has 3 N–H and O–H groups in total. The Morgan fingerprint density at radius 1 is 1.27 bits per heavy atom. The van der Waals surface area contributed by atoms with Gasteiger partial charge >= 0.3 is 12.2 Å². The van der Waals surface area contributed by atoms with E-state index in [2.05, 4.69) is 10.6 Å². The Morgan fingerprint density at radius 3 is 2.55 bits per heavy atom. The molecule has 1 aromatic rings. The standard InChI is InChI=1S/C14H17F3N2O3/c15-14(16,17)10-3-1-2-4-11(10)19-12(20)18-9-13(21)5-7-22-8-6-13/h1-4,21H,5-9H2,(H2,18,19,20). The fourth-order valence-electron chi connectivity index (χ4n) is 2.18. The number of carbonyl (C=O) groups excluding carboxylic acids is 1. The molecule has 0 radical (unpaired) electrons. The molecule has 0 atom stereocenters. The van der Waals surface area contributed by atoms with Crippen molar-refractivity contribution in [1.82, 2.24) is 5.32 Å². The molecule has 1 fully saturated rings. The summed E-state index contributed by atoms with van der Waals surface area (Å²) in [6.45, 7) is 0.726. The zero-order valence-corrected chi connectivity index (χ0v) is 11.7. The van der Waals surface area contributed by atoms with Crippen LogP contribution in [0, 0.1) is 0 Å². The number of nitrogens with one attached hydrogen (secondary N) is 2. The van der Waals surface area contributed by atoms with Gasteiger partial charge in [0.1, 0.15) is 0 Å². The third-order valence-corrected chi connectivity index (χ3v) is 3.48. The Balaban J connectivity index is 1.95. The average molecular weight is 318 g/mol. The topological polar surface area (TPSA) is 70.6 Å². The van der Waals surface area contributed by atoms with Crippen LogP contribution in [-0.4, -0.2) is 36.5 Å². The van der Waals surface area contributed by atoms with E-state index in [9.17, 15) is 23.1 Å². The van der Waals surface area contributed by atoms with Crippen LogP contribution < -0.4 is 10.6 Å². The number of urea groups is 1. The molecule has 1 aliphatic heterocycles. The van der Waals surface area contributed by atoms with Crippen LogP contribution in [0.25, 0.3) is 0 Å². The Labute approximate surface area is 125 Å². The summed E-state index contributed by atoms with van der Waals surface area (Å²) in [6, 6.07) is 3.91. The summed E-state index contributed by atoms with van der Waals surface area (Å²) >= 11 is 0. The highest BCUT2D eigenvalue weighted by molar-refractivity contribution is 5.90. The lowest BCUT2D eigenvalue weighted by molar-refractivity contribution is -0.136. The number of carbonyl (C=O) groups is 1. The monoisotopic (exact) mass is 318 g/mol. The summed E-state index contributed by atoms with van der Waals surface area (Å²) < 4.78 is 43.5. The molecule has 1 aromatic carbocycles. The van der Waals surface area contributed by atoms with E-state index in [1.54, 1.807) is 0 Å². The van der Waals surface area contributed by atoms with Gasteiger partial charge in [-0.2, -0.15) is 13.2 Å². The Morgan fingerprint density at radius 2 is 1.91 bits per heavy atom. The molecule has 0 aliphatic carbocycles. The number of halogens is 3. The van der Waals surface area contributed by atoms with Gasteiger partial charge in [-0.05, 0) is 12.1 Å². The third kappa shape index (κ3) is 4.35. The Hall–Kier alpha value is -1.80. The quantitative estimate of drug-likeness (QED) is 0.801. The lowest BCUT2D eigenvalue weighted by Gasteiger charge is -2.32. The van der Waals surface area contributed by atoms with Crippen molar-refractivity contribution < 1.29 is 27.8 Å². The van der Waals surface area contributed by atoms with Crippen molar-refractivity contribution in [2.75, 3.05) is 25.1 Å². The normalized spacial score (nSPS) is 17.8. The molecule has 22 heavy (non-hydrogen) atoms. The lowest BCUT2D eigenvalue weighted by Crippen LogP contribution is -2.47. The molecule has 2 rings (SSSR count). The van der Waals surface area contributed by atoms with Crippen LogP contribution in [-0.2, 0) is 10.9 Å². The minimum atomic E-state index is -4.55. The largest absolute Gasteiger partial charge is 0.418 e. The van der Waals surface area contributed by atoms with Gasteiger partial charge in [-0.25, -0.2) is 4.79 Å². The summed E-state index contributed by atoms with van der Waals surface area (Å²) in [5.41, 5.74) is -2.33. The van der Waals surface area contributed by atoms with Crippen molar-refractivity contribution in [1.29, 1.82) is 0 Å². The van der Waals surface area contributed by atoms with E-state index in [-0.39, 0.29) is 12.2 Å². The lowest BCUT2D eigenvalue weighted by atomic mass is 9.94. The molecule has 2 amide bonds. The molecule has 1 heterocycles. The van der Waals surface area contributed by atoms with Gasteiger partial charge in [-0.3, -0.25) is 0 Å². The first kappa shape index (κ1) is 16.6. The minimum Gasteiger partial charge on any atom is -0.388 e. The van der Waals surface area contributed by atoms with E-state index in [0.717, 1.165) is 6.07 Å². The predicted molar refractivity (Wildman–Crippen MR) is 73.5 cm³/mol. The summed E-state index contributed by atoms with van der Waals surface area (Å²) in [4.78, 5) is 11.7.